The molecule has 0 aliphatic carbocycles. The molecule has 1 amide bonds. The predicted molar refractivity (Wildman–Crippen MR) is 108 cm³/mol. The summed E-state index contributed by atoms with van der Waals surface area (Å²) in [6.45, 7) is 2.89. The van der Waals surface area contributed by atoms with Crippen LogP contribution in [0.1, 0.15) is 35.0 Å². The topological polar surface area (TPSA) is 66.9 Å². The Morgan fingerprint density at radius 2 is 2.07 bits per heavy atom. The number of amides is 1. The van der Waals surface area contributed by atoms with Gasteiger partial charge < -0.3 is 10.6 Å². The number of pyridine rings is 1. The standard InChI is InChI=1S/C21H22N4OS/c1-14-20(27-13-24-14)19(25-21(26)18-6-4-12-23-18)16-9-7-15(8-10-16)17-5-2-3-11-22-17/h2-3,5,7-11,13,18-19,23H,4,6,12H2,1H3,(H,25,26). The minimum atomic E-state index is -0.190. The van der Waals surface area contributed by atoms with Crippen LogP contribution in [0.2, 0.25) is 0 Å². The van der Waals surface area contributed by atoms with Crippen molar-refractivity contribution >= 4 is 17.2 Å². The Balaban J connectivity index is 1.62. The Labute approximate surface area is 162 Å². The molecule has 1 fully saturated rings. The molecular formula is C21H22N4OS. The number of hydrogen-bond donors (Lipinski definition) is 2. The van der Waals surface area contributed by atoms with E-state index >= 15 is 0 Å². The average Bonchev–Trinajstić information content (AvgIpc) is 3.39. The van der Waals surface area contributed by atoms with Gasteiger partial charge in [-0.15, -0.1) is 11.3 Å². The first-order chi connectivity index (χ1) is 13.2. The molecule has 5 nitrogen and oxygen atoms in total. The van der Waals surface area contributed by atoms with Gasteiger partial charge in [-0.2, -0.15) is 0 Å². The van der Waals surface area contributed by atoms with E-state index in [0.717, 1.165) is 46.8 Å². The summed E-state index contributed by atoms with van der Waals surface area (Å²) >= 11 is 1.58. The molecule has 2 aromatic heterocycles. The van der Waals surface area contributed by atoms with Crippen molar-refractivity contribution in [3.8, 4) is 11.3 Å². The van der Waals surface area contributed by atoms with Crippen LogP contribution in [0.4, 0.5) is 0 Å². The van der Waals surface area contributed by atoms with Gasteiger partial charge in [0.15, 0.2) is 0 Å². The summed E-state index contributed by atoms with van der Waals surface area (Å²) in [6, 6.07) is 13.8. The zero-order valence-electron chi connectivity index (χ0n) is 15.2. The fourth-order valence-corrected chi connectivity index (χ4v) is 4.30. The van der Waals surface area contributed by atoms with Crippen molar-refractivity contribution in [3.63, 3.8) is 0 Å². The van der Waals surface area contributed by atoms with Crippen LogP contribution in [0, 0.1) is 6.92 Å². The monoisotopic (exact) mass is 378 g/mol. The van der Waals surface area contributed by atoms with E-state index in [9.17, 15) is 4.79 Å². The Kier molecular flexibility index (Phi) is 5.27. The largest absolute Gasteiger partial charge is 0.343 e. The molecule has 27 heavy (non-hydrogen) atoms. The first-order valence-corrected chi connectivity index (χ1v) is 10.1. The Morgan fingerprint density at radius 1 is 1.22 bits per heavy atom. The molecule has 0 radical (unpaired) electrons. The third-order valence-electron chi connectivity index (χ3n) is 4.91. The van der Waals surface area contributed by atoms with Crippen molar-refractivity contribution in [2.75, 3.05) is 6.54 Å². The number of aromatic nitrogens is 2. The number of hydrogen-bond acceptors (Lipinski definition) is 5. The van der Waals surface area contributed by atoms with Crippen LogP contribution < -0.4 is 10.6 Å². The van der Waals surface area contributed by atoms with Crippen LogP contribution in [-0.4, -0.2) is 28.5 Å². The molecular weight excluding hydrogens is 356 g/mol. The third-order valence-corrected chi connectivity index (χ3v) is 5.91. The van der Waals surface area contributed by atoms with Gasteiger partial charge in [-0.05, 0) is 44.0 Å². The lowest BCUT2D eigenvalue weighted by Crippen LogP contribution is -2.42. The lowest BCUT2D eigenvalue weighted by molar-refractivity contribution is -0.123. The molecule has 0 spiro atoms. The second-order valence-corrected chi connectivity index (χ2v) is 7.62. The predicted octanol–water partition coefficient (Wildman–Crippen LogP) is 3.47. The van der Waals surface area contributed by atoms with Gasteiger partial charge in [-0.25, -0.2) is 4.98 Å². The molecule has 0 saturated carbocycles. The number of aryl methyl sites for hydroxylation is 1. The third kappa shape index (κ3) is 3.91. The van der Waals surface area contributed by atoms with Crippen molar-refractivity contribution in [2.24, 2.45) is 0 Å². The molecule has 1 saturated heterocycles. The van der Waals surface area contributed by atoms with Gasteiger partial charge in [0.05, 0.1) is 33.9 Å². The highest BCUT2D eigenvalue weighted by Gasteiger charge is 2.27. The fourth-order valence-electron chi connectivity index (χ4n) is 3.42. The van der Waals surface area contributed by atoms with Crippen LogP contribution in [0.3, 0.4) is 0 Å². The normalized spacial score (nSPS) is 17.6. The average molecular weight is 379 g/mol. The molecule has 1 aliphatic heterocycles. The van der Waals surface area contributed by atoms with Gasteiger partial charge >= 0.3 is 0 Å². The van der Waals surface area contributed by atoms with Crippen LogP contribution in [0.5, 0.6) is 0 Å². The molecule has 6 heteroatoms. The number of carbonyl (C=O) groups excluding carboxylic acids is 1. The van der Waals surface area contributed by atoms with Gasteiger partial charge in [-0.3, -0.25) is 9.78 Å². The minimum absolute atomic E-state index is 0.0547. The van der Waals surface area contributed by atoms with E-state index < -0.39 is 0 Å². The molecule has 3 heterocycles. The van der Waals surface area contributed by atoms with Crippen molar-refractivity contribution in [1.29, 1.82) is 0 Å². The van der Waals surface area contributed by atoms with Gasteiger partial charge in [0, 0.05) is 11.8 Å². The van der Waals surface area contributed by atoms with E-state index in [1.54, 1.807) is 17.5 Å². The van der Waals surface area contributed by atoms with Crippen LogP contribution in [0.15, 0.2) is 54.2 Å². The van der Waals surface area contributed by atoms with Gasteiger partial charge in [0.2, 0.25) is 5.91 Å². The molecule has 3 aromatic rings. The van der Waals surface area contributed by atoms with Crippen LogP contribution in [-0.2, 0) is 4.79 Å². The van der Waals surface area contributed by atoms with Crippen LogP contribution >= 0.6 is 11.3 Å². The second-order valence-electron chi connectivity index (χ2n) is 6.73. The Morgan fingerprint density at radius 3 is 2.70 bits per heavy atom. The van der Waals surface area contributed by atoms with Gasteiger partial charge in [-0.1, -0.05) is 30.3 Å². The molecule has 138 valence electrons. The van der Waals surface area contributed by atoms with Crippen molar-refractivity contribution in [1.82, 2.24) is 20.6 Å². The SMILES string of the molecule is Cc1ncsc1C(NC(=O)C1CCCN1)c1ccc(-c2ccccn2)cc1. The maximum atomic E-state index is 12.7. The number of nitrogens with one attached hydrogen (secondary N) is 2. The number of carbonyl (C=O) groups is 1. The number of benzene rings is 1. The minimum Gasteiger partial charge on any atom is -0.343 e. The maximum absolute atomic E-state index is 12.7. The lowest BCUT2D eigenvalue weighted by Gasteiger charge is -2.21. The first kappa shape index (κ1) is 17.8. The molecule has 2 atom stereocenters. The molecule has 2 unspecified atom stereocenters. The van der Waals surface area contributed by atoms with Gasteiger partial charge in [0.1, 0.15) is 0 Å². The lowest BCUT2D eigenvalue weighted by atomic mass is 10.0. The molecule has 1 aliphatic rings. The summed E-state index contributed by atoms with van der Waals surface area (Å²) in [5.41, 5.74) is 5.84. The smallest absolute Gasteiger partial charge is 0.237 e. The summed E-state index contributed by atoms with van der Waals surface area (Å²) in [5, 5.41) is 6.50. The van der Waals surface area contributed by atoms with Crippen LogP contribution in [0.25, 0.3) is 11.3 Å². The van der Waals surface area contributed by atoms with Gasteiger partial charge in [0.25, 0.3) is 0 Å². The Bertz CT molecular complexity index is 901. The second kappa shape index (κ2) is 7.98. The summed E-state index contributed by atoms with van der Waals surface area (Å²) in [5.74, 6) is 0.0547. The highest BCUT2D eigenvalue weighted by molar-refractivity contribution is 7.09. The summed E-state index contributed by atoms with van der Waals surface area (Å²) in [4.78, 5) is 22.6. The molecule has 0 bridgehead atoms. The number of nitrogens with zero attached hydrogens (tertiary/aromatic N) is 2. The van der Waals surface area contributed by atoms with E-state index in [0.29, 0.717) is 0 Å². The number of thiazole rings is 1. The maximum Gasteiger partial charge on any atom is 0.237 e. The van der Waals surface area contributed by atoms with E-state index in [4.69, 9.17) is 0 Å². The Hall–Kier alpha value is -2.57. The van der Waals surface area contributed by atoms with E-state index in [1.165, 1.54) is 0 Å². The fraction of sp³-hybridized carbons (Fsp3) is 0.286. The summed E-state index contributed by atoms with van der Waals surface area (Å²) in [6.07, 6.45) is 3.72. The quantitative estimate of drug-likeness (QED) is 0.713. The summed E-state index contributed by atoms with van der Waals surface area (Å²) < 4.78 is 0. The van der Waals surface area contributed by atoms with E-state index in [2.05, 4.69) is 44.9 Å². The number of rotatable bonds is 5. The molecule has 1 aromatic carbocycles. The molecule has 2 N–H and O–H groups in total. The summed E-state index contributed by atoms with van der Waals surface area (Å²) in [7, 11) is 0. The zero-order valence-corrected chi connectivity index (χ0v) is 16.0. The first-order valence-electron chi connectivity index (χ1n) is 9.17. The van der Waals surface area contributed by atoms with Crippen molar-refractivity contribution in [3.05, 3.63) is 70.3 Å². The highest BCUT2D eigenvalue weighted by Crippen LogP contribution is 2.30. The van der Waals surface area contributed by atoms with E-state index in [1.807, 2.05) is 30.6 Å². The molecule has 4 rings (SSSR count). The van der Waals surface area contributed by atoms with Crippen molar-refractivity contribution < 1.29 is 4.79 Å². The van der Waals surface area contributed by atoms with Crippen molar-refractivity contribution in [2.45, 2.75) is 31.8 Å². The van der Waals surface area contributed by atoms with E-state index in [-0.39, 0.29) is 18.0 Å². The zero-order chi connectivity index (χ0) is 18.6. The highest BCUT2D eigenvalue weighted by atomic mass is 32.1.